The smallest absolute Gasteiger partial charge is 0.297 e. The maximum absolute atomic E-state index is 12.3. The Morgan fingerprint density at radius 2 is 2.17 bits per heavy atom. The zero-order valence-corrected chi connectivity index (χ0v) is 14.6. The van der Waals surface area contributed by atoms with Crippen LogP contribution in [0.25, 0.3) is 11.1 Å². The van der Waals surface area contributed by atoms with Crippen LogP contribution in [0.4, 0.5) is 11.7 Å². The number of hydrogen-bond donors (Lipinski definition) is 2. The Labute approximate surface area is 142 Å². The number of anilines is 2. The van der Waals surface area contributed by atoms with Crippen molar-refractivity contribution in [2.75, 3.05) is 37.4 Å². The second kappa shape index (κ2) is 7.21. The Balaban J connectivity index is 1.62. The molecule has 1 fully saturated rings. The van der Waals surface area contributed by atoms with Crippen LogP contribution < -0.4 is 15.5 Å². The Bertz CT molecular complexity index is 704. The van der Waals surface area contributed by atoms with E-state index in [0.29, 0.717) is 24.3 Å². The Morgan fingerprint density at radius 3 is 2.88 bits per heavy atom. The molecule has 6 nitrogen and oxygen atoms in total. The van der Waals surface area contributed by atoms with Crippen molar-refractivity contribution in [3.05, 3.63) is 18.2 Å². The number of amides is 1. The number of oxazole rings is 1. The molecule has 0 bridgehead atoms. The molecule has 1 aromatic carbocycles. The molecule has 2 heterocycles. The summed E-state index contributed by atoms with van der Waals surface area (Å²) in [4.78, 5) is 18.6. The summed E-state index contributed by atoms with van der Waals surface area (Å²) in [7, 11) is 3.77. The van der Waals surface area contributed by atoms with Crippen LogP contribution in [0.5, 0.6) is 0 Å². The maximum atomic E-state index is 12.3. The number of fused-ring (bicyclic) bond motifs is 1. The van der Waals surface area contributed by atoms with Crippen LogP contribution in [0.2, 0.25) is 0 Å². The summed E-state index contributed by atoms with van der Waals surface area (Å²) in [6.45, 7) is 4.31. The molecule has 0 saturated carbocycles. The van der Waals surface area contributed by atoms with Gasteiger partial charge in [-0.1, -0.05) is 6.92 Å². The van der Waals surface area contributed by atoms with Crippen molar-refractivity contribution in [1.29, 1.82) is 0 Å². The number of rotatable bonds is 5. The summed E-state index contributed by atoms with van der Waals surface area (Å²) in [6, 6.07) is 6.13. The predicted octanol–water partition coefficient (Wildman–Crippen LogP) is 2.86. The lowest BCUT2D eigenvalue weighted by atomic mass is 9.84. The fourth-order valence-electron chi connectivity index (χ4n) is 3.27. The van der Waals surface area contributed by atoms with Crippen LogP contribution in [0.1, 0.15) is 26.2 Å². The minimum Gasteiger partial charge on any atom is -0.423 e. The standard InChI is InChI=1S/C18H26N4O2/c1-12(13-6-8-19-9-7-13)10-17(23)20-14-4-5-16-15(11-14)21-18(24-16)22(2)3/h4-5,11-13,19H,6-10H2,1-3H3,(H,20,23). The molecule has 1 aliphatic rings. The molecule has 1 saturated heterocycles. The minimum atomic E-state index is 0.0664. The van der Waals surface area contributed by atoms with Crippen LogP contribution in [0.3, 0.4) is 0 Å². The van der Waals surface area contributed by atoms with Crippen LogP contribution in [0, 0.1) is 11.8 Å². The zero-order valence-electron chi connectivity index (χ0n) is 14.6. The number of benzene rings is 1. The van der Waals surface area contributed by atoms with E-state index in [1.807, 2.05) is 37.2 Å². The number of aromatic nitrogens is 1. The molecule has 24 heavy (non-hydrogen) atoms. The van der Waals surface area contributed by atoms with E-state index >= 15 is 0 Å². The Morgan fingerprint density at radius 1 is 1.42 bits per heavy atom. The van der Waals surface area contributed by atoms with Gasteiger partial charge in [-0.3, -0.25) is 4.79 Å². The van der Waals surface area contributed by atoms with Gasteiger partial charge in [0.05, 0.1) is 0 Å². The third-order valence-corrected chi connectivity index (χ3v) is 4.74. The van der Waals surface area contributed by atoms with Crippen molar-refractivity contribution in [3.63, 3.8) is 0 Å². The summed E-state index contributed by atoms with van der Waals surface area (Å²) in [5.74, 6) is 1.11. The molecular weight excluding hydrogens is 304 g/mol. The van der Waals surface area contributed by atoms with Gasteiger partial charge in [0.2, 0.25) is 5.91 Å². The van der Waals surface area contributed by atoms with Crippen molar-refractivity contribution < 1.29 is 9.21 Å². The fraction of sp³-hybridized carbons (Fsp3) is 0.556. The highest BCUT2D eigenvalue weighted by atomic mass is 16.4. The molecule has 1 unspecified atom stereocenters. The molecule has 1 aromatic heterocycles. The average Bonchev–Trinajstić information content (AvgIpc) is 2.99. The molecule has 3 rings (SSSR count). The van der Waals surface area contributed by atoms with Crippen molar-refractivity contribution in [2.45, 2.75) is 26.2 Å². The second-order valence-corrected chi connectivity index (χ2v) is 6.89. The van der Waals surface area contributed by atoms with Crippen molar-refractivity contribution in [2.24, 2.45) is 11.8 Å². The number of piperidine rings is 1. The van der Waals surface area contributed by atoms with E-state index in [4.69, 9.17) is 4.42 Å². The Kier molecular flexibility index (Phi) is 5.04. The van der Waals surface area contributed by atoms with Crippen molar-refractivity contribution in [3.8, 4) is 0 Å². The number of carbonyl (C=O) groups is 1. The molecule has 1 amide bonds. The van der Waals surface area contributed by atoms with Crippen molar-refractivity contribution in [1.82, 2.24) is 10.3 Å². The van der Waals surface area contributed by atoms with Gasteiger partial charge < -0.3 is 20.0 Å². The summed E-state index contributed by atoms with van der Waals surface area (Å²) in [6.07, 6.45) is 2.88. The fourth-order valence-corrected chi connectivity index (χ4v) is 3.27. The normalized spacial score (nSPS) is 17.0. The highest BCUT2D eigenvalue weighted by molar-refractivity contribution is 5.93. The minimum absolute atomic E-state index is 0.0664. The number of hydrogen-bond acceptors (Lipinski definition) is 5. The molecule has 2 aromatic rings. The molecule has 0 radical (unpaired) electrons. The lowest BCUT2D eigenvalue weighted by molar-refractivity contribution is -0.117. The summed E-state index contributed by atoms with van der Waals surface area (Å²) >= 11 is 0. The predicted molar refractivity (Wildman–Crippen MR) is 96.3 cm³/mol. The maximum Gasteiger partial charge on any atom is 0.297 e. The highest BCUT2D eigenvalue weighted by Gasteiger charge is 2.22. The van der Waals surface area contributed by atoms with Crippen LogP contribution in [-0.2, 0) is 4.79 Å². The van der Waals surface area contributed by atoms with Gasteiger partial charge in [-0.2, -0.15) is 4.98 Å². The van der Waals surface area contributed by atoms with Crippen LogP contribution in [0.15, 0.2) is 22.6 Å². The third kappa shape index (κ3) is 3.87. The van der Waals surface area contributed by atoms with Gasteiger partial charge in [-0.25, -0.2) is 0 Å². The quantitative estimate of drug-likeness (QED) is 0.882. The van der Waals surface area contributed by atoms with E-state index in [1.54, 1.807) is 0 Å². The van der Waals surface area contributed by atoms with Gasteiger partial charge in [0.15, 0.2) is 5.58 Å². The first-order valence-electron chi connectivity index (χ1n) is 8.61. The highest BCUT2D eigenvalue weighted by Crippen LogP contribution is 2.26. The molecule has 0 spiro atoms. The van der Waals surface area contributed by atoms with Crippen LogP contribution in [-0.4, -0.2) is 38.1 Å². The van der Waals surface area contributed by atoms with E-state index in [9.17, 15) is 4.79 Å². The van der Waals surface area contributed by atoms with Gasteiger partial charge >= 0.3 is 0 Å². The number of nitrogens with zero attached hydrogens (tertiary/aromatic N) is 2. The van der Waals surface area contributed by atoms with Crippen LogP contribution >= 0.6 is 0 Å². The van der Waals surface area contributed by atoms with E-state index in [2.05, 4.69) is 22.5 Å². The van der Waals surface area contributed by atoms with E-state index in [0.717, 1.165) is 42.7 Å². The molecule has 2 N–H and O–H groups in total. The molecule has 1 atom stereocenters. The second-order valence-electron chi connectivity index (χ2n) is 6.89. The zero-order chi connectivity index (χ0) is 17.1. The first-order chi connectivity index (χ1) is 11.5. The number of nitrogens with one attached hydrogen (secondary N) is 2. The number of carbonyl (C=O) groups excluding carboxylic acids is 1. The van der Waals surface area contributed by atoms with Gasteiger partial charge in [-0.15, -0.1) is 0 Å². The summed E-state index contributed by atoms with van der Waals surface area (Å²) in [5, 5.41) is 6.36. The third-order valence-electron chi connectivity index (χ3n) is 4.74. The van der Waals surface area contributed by atoms with Gasteiger partial charge in [0, 0.05) is 26.2 Å². The lowest BCUT2D eigenvalue weighted by Gasteiger charge is -2.27. The van der Waals surface area contributed by atoms with Crippen molar-refractivity contribution >= 4 is 28.7 Å². The summed E-state index contributed by atoms with van der Waals surface area (Å²) in [5.41, 5.74) is 2.24. The molecule has 130 valence electrons. The molecule has 1 aliphatic heterocycles. The van der Waals surface area contributed by atoms with Gasteiger partial charge in [0.25, 0.3) is 6.01 Å². The first kappa shape index (κ1) is 16.8. The monoisotopic (exact) mass is 330 g/mol. The van der Waals surface area contributed by atoms with E-state index in [-0.39, 0.29) is 5.91 Å². The molecule has 6 heteroatoms. The average molecular weight is 330 g/mol. The SMILES string of the molecule is CC(CC(=O)Nc1ccc2oc(N(C)C)nc2c1)C1CCNCC1. The topological polar surface area (TPSA) is 70.4 Å². The molecule has 0 aliphatic carbocycles. The van der Waals surface area contributed by atoms with E-state index in [1.165, 1.54) is 0 Å². The van der Waals surface area contributed by atoms with Gasteiger partial charge in [0.1, 0.15) is 5.52 Å². The Hall–Kier alpha value is -2.08. The largest absolute Gasteiger partial charge is 0.423 e. The van der Waals surface area contributed by atoms with E-state index < -0.39 is 0 Å². The summed E-state index contributed by atoms with van der Waals surface area (Å²) < 4.78 is 5.63. The van der Waals surface area contributed by atoms with Gasteiger partial charge in [-0.05, 0) is 56.0 Å². The molecular formula is C18H26N4O2. The first-order valence-corrected chi connectivity index (χ1v) is 8.61. The lowest BCUT2D eigenvalue weighted by Crippen LogP contribution is -2.32.